The van der Waals surface area contributed by atoms with Gasteiger partial charge in [0.15, 0.2) is 0 Å². The van der Waals surface area contributed by atoms with E-state index < -0.39 is 20.9 Å². The van der Waals surface area contributed by atoms with E-state index in [0.29, 0.717) is 0 Å². The Balaban J connectivity index is 2.41. The van der Waals surface area contributed by atoms with Gasteiger partial charge in [0.1, 0.15) is 5.75 Å². The average Bonchev–Trinajstić information content (AvgIpc) is 2.60. The zero-order valence-corrected chi connectivity index (χ0v) is 15.6. The second-order valence-corrected chi connectivity index (χ2v) is 7.41. The molecule has 0 saturated heterocycles. The molecular weight excluding hydrogens is 376 g/mol. The van der Waals surface area contributed by atoms with Crippen LogP contribution in [0.15, 0.2) is 47.4 Å². The molecule has 0 atom stereocenters. The van der Waals surface area contributed by atoms with Crippen LogP contribution in [0, 0.1) is 10.1 Å². The van der Waals surface area contributed by atoms with E-state index in [2.05, 4.69) is 4.72 Å². The van der Waals surface area contributed by atoms with Gasteiger partial charge >= 0.3 is 5.97 Å². The minimum atomic E-state index is -4.15. The molecular formula is C17H18N2O7S. The number of esters is 1. The van der Waals surface area contributed by atoms with Crippen LogP contribution < -0.4 is 9.46 Å². The topological polar surface area (TPSA) is 125 Å². The Kier molecular flexibility index (Phi) is 6.01. The third-order valence-electron chi connectivity index (χ3n) is 3.36. The van der Waals surface area contributed by atoms with Crippen molar-refractivity contribution in [3.8, 4) is 5.75 Å². The molecule has 0 fully saturated rings. The molecule has 2 aromatic carbocycles. The number of benzene rings is 2. The van der Waals surface area contributed by atoms with Gasteiger partial charge in [-0.15, -0.1) is 0 Å². The number of nitro groups is 1. The first-order chi connectivity index (χ1) is 12.6. The van der Waals surface area contributed by atoms with Crippen molar-refractivity contribution in [1.29, 1.82) is 0 Å². The van der Waals surface area contributed by atoms with E-state index in [4.69, 9.17) is 9.47 Å². The number of methoxy groups -OCH3 is 1. The van der Waals surface area contributed by atoms with Crippen LogP contribution in [-0.2, 0) is 14.8 Å². The number of nitrogens with one attached hydrogen (secondary N) is 1. The van der Waals surface area contributed by atoms with E-state index in [1.54, 1.807) is 13.8 Å². The third kappa shape index (κ3) is 4.94. The van der Waals surface area contributed by atoms with Gasteiger partial charge in [0.05, 0.1) is 34.3 Å². The molecule has 10 heteroatoms. The van der Waals surface area contributed by atoms with Crippen molar-refractivity contribution in [3.05, 3.63) is 58.1 Å². The normalized spacial score (nSPS) is 11.1. The van der Waals surface area contributed by atoms with Crippen molar-refractivity contribution in [2.75, 3.05) is 11.8 Å². The lowest BCUT2D eigenvalue weighted by molar-refractivity contribution is -0.385. The molecule has 0 spiro atoms. The fourth-order valence-electron chi connectivity index (χ4n) is 2.16. The second-order valence-electron chi connectivity index (χ2n) is 5.73. The van der Waals surface area contributed by atoms with Crippen LogP contribution in [0.3, 0.4) is 0 Å². The van der Waals surface area contributed by atoms with Gasteiger partial charge in [-0.2, -0.15) is 0 Å². The number of non-ortho nitro benzene ring substituents is 1. The number of carbonyl (C=O) groups excluding carboxylic acids is 1. The predicted molar refractivity (Wildman–Crippen MR) is 97.5 cm³/mol. The summed E-state index contributed by atoms with van der Waals surface area (Å²) in [5, 5.41) is 10.9. The highest BCUT2D eigenvalue weighted by molar-refractivity contribution is 7.92. The van der Waals surface area contributed by atoms with Gasteiger partial charge in [-0.1, -0.05) is 6.07 Å². The Morgan fingerprint density at radius 1 is 1.19 bits per heavy atom. The van der Waals surface area contributed by atoms with Crippen molar-refractivity contribution in [3.63, 3.8) is 0 Å². The standard InChI is InChI=1S/C17H18N2O7S/c1-11(2)26-17(20)12-7-8-16(25-3)15(9-12)18-27(23,24)14-6-4-5-13(10-14)19(21)22/h4-11,18H,1-3H3. The first-order valence-electron chi connectivity index (χ1n) is 7.80. The molecule has 9 nitrogen and oxygen atoms in total. The van der Waals surface area contributed by atoms with Gasteiger partial charge in [-0.3, -0.25) is 14.8 Å². The zero-order chi connectivity index (χ0) is 20.2. The predicted octanol–water partition coefficient (Wildman–Crippen LogP) is 2.97. The summed E-state index contributed by atoms with van der Waals surface area (Å²) in [7, 11) is -2.81. The monoisotopic (exact) mass is 394 g/mol. The number of ether oxygens (including phenoxy) is 2. The lowest BCUT2D eigenvalue weighted by Gasteiger charge is -2.14. The fourth-order valence-corrected chi connectivity index (χ4v) is 3.27. The van der Waals surface area contributed by atoms with Crippen molar-refractivity contribution < 1.29 is 27.6 Å². The highest BCUT2D eigenvalue weighted by Gasteiger charge is 2.21. The Bertz CT molecular complexity index is 971. The number of nitro benzene ring substituents is 1. The number of sulfonamides is 1. The van der Waals surface area contributed by atoms with Crippen molar-refractivity contribution >= 4 is 27.4 Å². The molecule has 0 unspecified atom stereocenters. The van der Waals surface area contributed by atoms with Crippen LogP contribution >= 0.6 is 0 Å². The number of rotatable bonds is 7. The maximum atomic E-state index is 12.6. The summed E-state index contributed by atoms with van der Waals surface area (Å²) in [6, 6.07) is 8.74. The van der Waals surface area contributed by atoms with Crippen LogP contribution in [0.2, 0.25) is 0 Å². The van der Waals surface area contributed by atoms with Crippen LogP contribution in [0.5, 0.6) is 5.75 Å². The number of nitrogens with zero attached hydrogens (tertiary/aromatic N) is 1. The fraction of sp³-hybridized carbons (Fsp3) is 0.235. The molecule has 0 radical (unpaired) electrons. The summed E-state index contributed by atoms with van der Waals surface area (Å²) in [4.78, 5) is 21.9. The van der Waals surface area contributed by atoms with E-state index in [-0.39, 0.29) is 33.7 Å². The molecule has 2 rings (SSSR count). The molecule has 0 saturated carbocycles. The maximum absolute atomic E-state index is 12.6. The lowest BCUT2D eigenvalue weighted by atomic mass is 10.2. The van der Waals surface area contributed by atoms with Crippen LogP contribution in [0.4, 0.5) is 11.4 Å². The highest BCUT2D eigenvalue weighted by Crippen LogP contribution is 2.29. The molecule has 0 aliphatic rings. The molecule has 0 bridgehead atoms. The molecule has 2 aromatic rings. The molecule has 0 heterocycles. The first-order valence-corrected chi connectivity index (χ1v) is 9.28. The Morgan fingerprint density at radius 3 is 2.48 bits per heavy atom. The molecule has 144 valence electrons. The summed E-state index contributed by atoms with van der Waals surface area (Å²) < 4.78 is 37.7. The summed E-state index contributed by atoms with van der Waals surface area (Å²) in [6.07, 6.45) is -0.343. The van der Waals surface area contributed by atoms with E-state index in [9.17, 15) is 23.3 Å². The molecule has 0 aliphatic carbocycles. The zero-order valence-electron chi connectivity index (χ0n) is 14.8. The minimum absolute atomic E-state index is 0.00205. The number of anilines is 1. The van der Waals surface area contributed by atoms with Crippen LogP contribution in [-0.4, -0.2) is 32.5 Å². The Morgan fingerprint density at radius 2 is 1.89 bits per heavy atom. The van der Waals surface area contributed by atoms with E-state index in [1.165, 1.54) is 43.5 Å². The highest BCUT2D eigenvalue weighted by atomic mass is 32.2. The van der Waals surface area contributed by atoms with Gasteiger partial charge < -0.3 is 9.47 Å². The Labute approximate surface area is 156 Å². The summed E-state index contributed by atoms with van der Waals surface area (Å²) in [5.74, 6) is -0.450. The lowest BCUT2D eigenvalue weighted by Crippen LogP contribution is -2.15. The number of hydrogen-bond donors (Lipinski definition) is 1. The maximum Gasteiger partial charge on any atom is 0.338 e. The molecule has 0 amide bonds. The van der Waals surface area contributed by atoms with Gasteiger partial charge in [0.25, 0.3) is 15.7 Å². The van der Waals surface area contributed by atoms with Crippen LogP contribution in [0.1, 0.15) is 24.2 Å². The van der Waals surface area contributed by atoms with Gasteiger partial charge in [-0.25, -0.2) is 13.2 Å². The van der Waals surface area contributed by atoms with Crippen molar-refractivity contribution in [2.24, 2.45) is 0 Å². The quantitative estimate of drug-likeness (QED) is 0.435. The van der Waals surface area contributed by atoms with Crippen LogP contribution in [0.25, 0.3) is 0 Å². The van der Waals surface area contributed by atoms with E-state index in [1.807, 2.05) is 0 Å². The second kappa shape index (κ2) is 8.04. The minimum Gasteiger partial charge on any atom is -0.495 e. The molecule has 27 heavy (non-hydrogen) atoms. The van der Waals surface area contributed by atoms with Gasteiger partial charge in [0.2, 0.25) is 0 Å². The largest absolute Gasteiger partial charge is 0.495 e. The van der Waals surface area contributed by atoms with Crippen molar-refractivity contribution in [1.82, 2.24) is 0 Å². The van der Waals surface area contributed by atoms with E-state index in [0.717, 1.165) is 6.07 Å². The van der Waals surface area contributed by atoms with E-state index >= 15 is 0 Å². The SMILES string of the molecule is COc1ccc(C(=O)OC(C)C)cc1NS(=O)(=O)c1cccc([N+](=O)[O-])c1. The molecule has 1 N–H and O–H groups in total. The summed E-state index contributed by atoms with van der Waals surface area (Å²) >= 11 is 0. The summed E-state index contributed by atoms with van der Waals surface area (Å²) in [5.41, 5.74) is -0.234. The molecule has 0 aliphatic heterocycles. The number of hydrogen-bond acceptors (Lipinski definition) is 7. The van der Waals surface area contributed by atoms with Gasteiger partial charge in [0, 0.05) is 12.1 Å². The number of carbonyl (C=O) groups is 1. The van der Waals surface area contributed by atoms with Crippen molar-refractivity contribution in [2.45, 2.75) is 24.8 Å². The third-order valence-corrected chi connectivity index (χ3v) is 4.72. The van der Waals surface area contributed by atoms with Gasteiger partial charge in [-0.05, 0) is 38.1 Å². The smallest absolute Gasteiger partial charge is 0.338 e. The average molecular weight is 394 g/mol. The summed E-state index contributed by atoms with van der Waals surface area (Å²) in [6.45, 7) is 3.38. The first kappa shape index (κ1) is 20.2. The Hall–Kier alpha value is -3.14. The molecule has 0 aromatic heterocycles.